The normalized spacial score (nSPS) is 10.1. The van der Waals surface area contributed by atoms with Crippen LogP contribution in [0.5, 0.6) is 0 Å². The Morgan fingerprint density at radius 2 is 2.12 bits per heavy atom. The number of amides is 3. The smallest absolute Gasteiger partial charge is 0.322 e. The first-order chi connectivity index (χ1) is 11.5. The van der Waals surface area contributed by atoms with Crippen molar-refractivity contribution in [1.82, 2.24) is 10.1 Å². The molecule has 0 spiro atoms. The monoisotopic (exact) mass is 392 g/mol. The predicted molar refractivity (Wildman–Crippen MR) is 94.8 cm³/mol. The van der Waals surface area contributed by atoms with E-state index in [-0.39, 0.29) is 19.0 Å². The number of rotatable bonds is 6. The maximum absolute atomic E-state index is 12.4. The fraction of sp³-hybridized carbons (Fsp3) is 0.188. The minimum absolute atomic E-state index is 0.145. The lowest BCUT2D eigenvalue weighted by molar-refractivity contribution is -0.116. The quantitative estimate of drug-likeness (QED) is 0.737. The molecule has 0 unspecified atom stereocenters. The zero-order valence-corrected chi connectivity index (χ0v) is 14.7. The summed E-state index contributed by atoms with van der Waals surface area (Å²) in [5, 5.41) is 9.00. The fourth-order valence-electron chi connectivity index (χ4n) is 1.91. The molecule has 0 saturated carbocycles. The van der Waals surface area contributed by atoms with Crippen LogP contribution in [0.4, 0.5) is 16.3 Å². The fourth-order valence-corrected chi connectivity index (χ4v) is 2.30. The van der Waals surface area contributed by atoms with Crippen molar-refractivity contribution in [2.75, 3.05) is 23.7 Å². The highest BCUT2D eigenvalue weighted by Crippen LogP contribution is 2.21. The highest BCUT2D eigenvalue weighted by atomic mass is 79.9. The number of benzene rings is 1. The van der Waals surface area contributed by atoms with Gasteiger partial charge in [0.25, 0.3) is 0 Å². The van der Waals surface area contributed by atoms with Gasteiger partial charge in [0.2, 0.25) is 5.91 Å². The zero-order chi connectivity index (χ0) is 17.5. The van der Waals surface area contributed by atoms with Crippen LogP contribution in [0.2, 0.25) is 0 Å². The van der Waals surface area contributed by atoms with Crippen LogP contribution in [0.15, 0.2) is 52.0 Å². The molecule has 24 heavy (non-hydrogen) atoms. The number of aromatic nitrogens is 1. The Morgan fingerprint density at radius 1 is 1.38 bits per heavy atom. The second kappa shape index (κ2) is 8.30. The highest BCUT2D eigenvalue weighted by Gasteiger charge is 2.17. The number of para-hydroxylation sites is 1. The maximum atomic E-state index is 12.4. The van der Waals surface area contributed by atoms with Crippen LogP contribution in [-0.2, 0) is 4.79 Å². The Morgan fingerprint density at radius 3 is 2.75 bits per heavy atom. The predicted octanol–water partition coefficient (Wildman–Crippen LogP) is 3.40. The average Bonchev–Trinajstić information content (AvgIpc) is 2.94. The van der Waals surface area contributed by atoms with Gasteiger partial charge in [-0.25, -0.2) is 4.79 Å². The Labute approximate surface area is 147 Å². The molecular weight excluding hydrogens is 376 g/mol. The van der Waals surface area contributed by atoms with Crippen molar-refractivity contribution >= 4 is 39.4 Å². The van der Waals surface area contributed by atoms with E-state index in [1.54, 1.807) is 31.2 Å². The average molecular weight is 393 g/mol. The molecule has 0 aliphatic heterocycles. The number of hydrogen-bond donors (Lipinski definition) is 2. The second-order valence-electron chi connectivity index (χ2n) is 4.95. The van der Waals surface area contributed by atoms with Gasteiger partial charge in [-0.05, 0) is 35.0 Å². The minimum Gasteiger partial charge on any atom is -0.360 e. The number of carbonyl (C=O) groups excluding carboxylic acids is 2. The van der Waals surface area contributed by atoms with Gasteiger partial charge < -0.3 is 20.1 Å². The second-order valence-corrected chi connectivity index (χ2v) is 5.80. The van der Waals surface area contributed by atoms with E-state index in [9.17, 15) is 9.59 Å². The van der Waals surface area contributed by atoms with Crippen LogP contribution in [0.25, 0.3) is 0 Å². The molecule has 0 bridgehead atoms. The first kappa shape index (κ1) is 17.7. The molecule has 0 radical (unpaired) electrons. The molecule has 7 nitrogen and oxygen atoms in total. The molecule has 8 heteroatoms. The molecule has 0 saturated heterocycles. The van der Waals surface area contributed by atoms with Gasteiger partial charge in [0.1, 0.15) is 12.3 Å². The molecule has 1 aromatic carbocycles. The molecule has 0 fully saturated rings. The molecule has 1 aromatic heterocycles. The van der Waals surface area contributed by atoms with E-state index < -0.39 is 6.03 Å². The molecule has 2 aromatic rings. The number of halogens is 1. The molecule has 1 heterocycles. The summed E-state index contributed by atoms with van der Waals surface area (Å²) in [6.45, 7) is 5.41. The molecule has 3 amide bonds. The van der Waals surface area contributed by atoms with Crippen molar-refractivity contribution in [1.29, 1.82) is 0 Å². The van der Waals surface area contributed by atoms with Crippen molar-refractivity contribution in [2.24, 2.45) is 0 Å². The molecule has 0 aliphatic rings. The Bertz CT molecular complexity index is 744. The third-order valence-corrected chi connectivity index (χ3v) is 3.67. The van der Waals surface area contributed by atoms with Crippen molar-refractivity contribution < 1.29 is 14.1 Å². The summed E-state index contributed by atoms with van der Waals surface area (Å²) in [5.41, 5.74) is 0.615. The summed E-state index contributed by atoms with van der Waals surface area (Å²) in [6, 6.07) is 8.40. The number of aryl methyl sites for hydroxylation is 1. The van der Waals surface area contributed by atoms with Gasteiger partial charge >= 0.3 is 6.03 Å². The first-order valence-electron chi connectivity index (χ1n) is 7.14. The van der Waals surface area contributed by atoms with Gasteiger partial charge in [-0.3, -0.25) is 4.79 Å². The standard InChI is InChI=1S/C16H17BrN4O3/c1-3-8-21(10-15(22)19-14-9-11(2)24-20-14)16(23)18-13-7-5-4-6-12(13)17/h3-7,9H,1,8,10H2,2H3,(H,18,23)(H,19,20,22). The number of carbonyl (C=O) groups is 2. The third-order valence-electron chi connectivity index (χ3n) is 2.98. The lowest BCUT2D eigenvalue weighted by Crippen LogP contribution is -2.40. The summed E-state index contributed by atoms with van der Waals surface area (Å²) in [5.74, 6) is 0.509. The molecule has 2 rings (SSSR count). The molecule has 126 valence electrons. The molecule has 0 aliphatic carbocycles. The zero-order valence-electron chi connectivity index (χ0n) is 13.1. The largest absolute Gasteiger partial charge is 0.360 e. The van der Waals surface area contributed by atoms with Crippen LogP contribution in [0.1, 0.15) is 5.76 Å². The van der Waals surface area contributed by atoms with Crippen LogP contribution < -0.4 is 10.6 Å². The number of nitrogens with zero attached hydrogens (tertiary/aromatic N) is 2. The molecular formula is C16H17BrN4O3. The van der Waals surface area contributed by atoms with E-state index in [2.05, 4.69) is 38.3 Å². The van der Waals surface area contributed by atoms with E-state index in [4.69, 9.17) is 4.52 Å². The van der Waals surface area contributed by atoms with Crippen molar-refractivity contribution in [3.63, 3.8) is 0 Å². The van der Waals surface area contributed by atoms with Crippen molar-refractivity contribution in [3.05, 3.63) is 53.2 Å². The van der Waals surface area contributed by atoms with Gasteiger partial charge in [0, 0.05) is 17.1 Å². The molecule has 2 N–H and O–H groups in total. The Hall–Kier alpha value is -2.61. The summed E-state index contributed by atoms with van der Waals surface area (Å²) < 4.78 is 5.63. The van der Waals surface area contributed by atoms with E-state index in [1.165, 1.54) is 4.90 Å². The lowest BCUT2D eigenvalue weighted by Gasteiger charge is -2.21. The number of anilines is 2. The van der Waals surface area contributed by atoms with Crippen molar-refractivity contribution in [3.8, 4) is 0 Å². The third kappa shape index (κ3) is 4.95. The summed E-state index contributed by atoms with van der Waals surface area (Å²) >= 11 is 3.36. The maximum Gasteiger partial charge on any atom is 0.322 e. The molecule has 0 atom stereocenters. The van der Waals surface area contributed by atoms with Crippen LogP contribution in [0, 0.1) is 6.92 Å². The number of hydrogen-bond acceptors (Lipinski definition) is 4. The van der Waals surface area contributed by atoms with E-state index in [1.807, 2.05) is 12.1 Å². The number of urea groups is 1. The topological polar surface area (TPSA) is 87.5 Å². The minimum atomic E-state index is -0.409. The van der Waals surface area contributed by atoms with Gasteiger partial charge in [0.05, 0.1) is 5.69 Å². The summed E-state index contributed by atoms with van der Waals surface area (Å²) in [6.07, 6.45) is 1.55. The lowest BCUT2D eigenvalue weighted by atomic mass is 10.3. The van der Waals surface area contributed by atoms with Gasteiger partial charge in [-0.2, -0.15) is 0 Å². The van der Waals surface area contributed by atoms with E-state index in [0.717, 1.165) is 4.47 Å². The van der Waals surface area contributed by atoms with Crippen LogP contribution >= 0.6 is 15.9 Å². The summed E-state index contributed by atoms with van der Waals surface area (Å²) in [7, 11) is 0. The van der Waals surface area contributed by atoms with E-state index in [0.29, 0.717) is 17.3 Å². The Balaban J connectivity index is 1.99. The van der Waals surface area contributed by atoms with Gasteiger partial charge in [0.15, 0.2) is 5.82 Å². The summed E-state index contributed by atoms with van der Waals surface area (Å²) in [4.78, 5) is 25.8. The van der Waals surface area contributed by atoms with Crippen LogP contribution in [0.3, 0.4) is 0 Å². The SMILES string of the molecule is C=CCN(CC(=O)Nc1cc(C)on1)C(=O)Nc1ccccc1Br. The highest BCUT2D eigenvalue weighted by molar-refractivity contribution is 9.10. The van der Waals surface area contributed by atoms with E-state index >= 15 is 0 Å². The number of nitrogens with one attached hydrogen (secondary N) is 2. The van der Waals surface area contributed by atoms with Gasteiger partial charge in [-0.15, -0.1) is 6.58 Å². The first-order valence-corrected chi connectivity index (χ1v) is 7.93. The van der Waals surface area contributed by atoms with Crippen LogP contribution in [-0.4, -0.2) is 35.1 Å². The van der Waals surface area contributed by atoms with Gasteiger partial charge in [-0.1, -0.05) is 23.4 Å². The van der Waals surface area contributed by atoms with Crippen molar-refractivity contribution in [2.45, 2.75) is 6.92 Å². The Kier molecular flexibility index (Phi) is 6.14.